The number of aliphatic hydroxyl groups is 1. The molecule has 2 heterocycles. The van der Waals surface area contributed by atoms with Crippen molar-refractivity contribution >= 4 is 0 Å². The van der Waals surface area contributed by atoms with Gasteiger partial charge in [-0.3, -0.25) is 9.58 Å². The van der Waals surface area contributed by atoms with Gasteiger partial charge in [0.1, 0.15) is 5.75 Å². The fraction of sp³-hybridized carbons (Fsp3) is 0.550. The maximum atomic E-state index is 10.2. The second kappa shape index (κ2) is 8.02. The number of β-amino-alcohol motifs (C(OH)–C–C–N with tert-alkyl or cyclic N) is 1. The number of aromatic nitrogens is 2. The van der Waals surface area contributed by atoms with Crippen LogP contribution in [0, 0.1) is 0 Å². The number of hydrogen-bond acceptors (Lipinski definition) is 4. The van der Waals surface area contributed by atoms with E-state index in [0.29, 0.717) is 12.6 Å². The Kier molecular flexibility index (Phi) is 5.76. The lowest BCUT2D eigenvalue weighted by Gasteiger charge is -2.24. The van der Waals surface area contributed by atoms with Crippen LogP contribution in [-0.2, 0) is 6.54 Å². The van der Waals surface area contributed by atoms with Gasteiger partial charge in [-0.15, -0.1) is 0 Å². The summed E-state index contributed by atoms with van der Waals surface area (Å²) < 4.78 is 7.44. The molecule has 0 radical (unpaired) electrons. The van der Waals surface area contributed by atoms with E-state index in [1.54, 1.807) is 7.11 Å². The molecule has 1 aromatic heterocycles. The predicted octanol–water partition coefficient (Wildman–Crippen LogP) is 3.56. The lowest BCUT2D eigenvalue weighted by molar-refractivity contribution is 0.172. The number of nitrogens with zero attached hydrogens (tertiary/aromatic N) is 3. The van der Waals surface area contributed by atoms with Crippen molar-refractivity contribution in [2.45, 2.75) is 57.8 Å². The summed E-state index contributed by atoms with van der Waals surface area (Å²) in [6, 6.07) is 10.9. The number of methoxy groups -OCH3 is 1. The minimum atomic E-state index is -0.294. The van der Waals surface area contributed by atoms with Gasteiger partial charge in [0.25, 0.3) is 0 Å². The summed E-state index contributed by atoms with van der Waals surface area (Å²) in [5, 5.41) is 15.0. The molecule has 3 rings (SSSR count). The van der Waals surface area contributed by atoms with E-state index in [2.05, 4.69) is 47.8 Å². The molecule has 1 aliphatic heterocycles. The van der Waals surface area contributed by atoms with E-state index < -0.39 is 0 Å². The van der Waals surface area contributed by atoms with Crippen molar-refractivity contribution in [3.05, 3.63) is 47.8 Å². The highest BCUT2D eigenvalue weighted by molar-refractivity contribution is 5.31. The van der Waals surface area contributed by atoms with Gasteiger partial charge < -0.3 is 9.84 Å². The van der Waals surface area contributed by atoms with Crippen molar-refractivity contribution in [1.82, 2.24) is 14.7 Å². The van der Waals surface area contributed by atoms with Gasteiger partial charge in [0.15, 0.2) is 0 Å². The predicted molar refractivity (Wildman–Crippen MR) is 98.6 cm³/mol. The Morgan fingerprint density at radius 1 is 1.28 bits per heavy atom. The van der Waals surface area contributed by atoms with Gasteiger partial charge in [-0.2, -0.15) is 5.10 Å². The smallest absolute Gasteiger partial charge is 0.119 e. The van der Waals surface area contributed by atoms with E-state index in [1.165, 1.54) is 5.56 Å². The summed E-state index contributed by atoms with van der Waals surface area (Å²) in [5.74, 6) is 0.858. The molecule has 5 heteroatoms. The number of hydrogen-bond donors (Lipinski definition) is 1. The van der Waals surface area contributed by atoms with Crippen molar-refractivity contribution in [2.24, 2.45) is 0 Å². The van der Waals surface area contributed by atoms with Crippen LogP contribution in [0.1, 0.15) is 56.5 Å². The first kappa shape index (κ1) is 18.0. The molecule has 2 atom stereocenters. The molecule has 2 aromatic rings. The highest BCUT2D eigenvalue weighted by Crippen LogP contribution is 2.34. The second-order valence-electron chi connectivity index (χ2n) is 6.87. The van der Waals surface area contributed by atoms with Crippen LogP contribution in [0.25, 0.3) is 0 Å². The third kappa shape index (κ3) is 4.05. The monoisotopic (exact) mass is 343 g/mol. The molecule has 25 heavy (non-hydrogen) atoms. The number of rotatable bonds is 7. The summed E-state index contributed by atoms with van der Waals surface area (Å²) in [6.45, 7) is 5.84. The number of benzene rings is 1. The fourth-order valence-corrected chi connectivity index (χ4v) is 3.79. The Bertz CT molecular complexity index is 681. The lowest BCUT2D eigenvalue weighted by Crippen LogP contribution is -2.24. The number of ether oxygens (including phenoxy) is 1. The van der Waals surface area contributed by atoms with Gasteiger partial charge in [0.2, 0.25) is 0 Å². The first-order valence-corrected chi connectivity index (χ1v) is 9.24. The maximum absolute atomic E-state index is 10.2. The minimum absolute atomic E-state index is 0.198. The molecule has 1 fully saturated rings. The van der Waals surface area contributed by atoms with Crippen LogP contribution in [0.3, 0.4) is 0 Å². The second-order valence-corrected chi connectivity index (χ2v) is 6.87. The molecule has 0 aliphatic carbocycles. The van der Waals surface area contributed by atoms with Crippen molar-refractivity contribution in [2.75, 3.05) is 13.7 Å². The fourth-order valence-electron chi connectivity index (χ4n) is 3.79. The molecule has 0 amide bonds. The minimum Gasteiger partial charge on any atom is -0.497 e. The van der Waals surface area contributed by atoms with Crippen molar-refractivity contribution in [1.29, 1.82) is 0 Å². The SMILES string of the molecule is CCC(CC)n1ccc(CN2C[C@@H](O)C[C@H]2c2cccc(OC)c2)n1. The van der Waals surface area contributed by atoms with Crippen LogP contribution in [0.2, 0.25) is 0 Å². The van der Waals surface area contributed by atoms with Crippen LogP contribution in [0.15, 0.2) is 36.5 Å². The van der Waals surface area contributed by atoms with Crippen LogP contribution in [0.5, 0.6) is 5.75 Å². The van der Waals surface area contributed by atoms with E-state index in [0.717, 1.165) is 37.3 Å². The van der Waals surface area contributed by atoms with Crippen molar-refractivity contribution in [3.8, 4) is 5.75 Å². The summed E-state index contributed by atoms with van der Waals surface area (Å²) in [5.41, 5.74) is 2.25. The first-order chi connectivity index (χ1) is 12.1. The molecule has 1 aliphatic rings. The van der Waals surface area contributed by atoms with Crippen LogP contribution >= 0.6 is 0 Å². The molecule has 5 nitrogen and oxygen atoms in total. The molecule has 0 bridgehead atoms. The van der Waals surface area contributed by atoms with Gasteiger partial charge in [0.05, 0.1) is 24.9 Å². The highest BCUT2D eigenvalue weighted by Gasteiger charge is 2.32. The summed E-state index contributed by atoms with van der Waals surface area (Å²) >= 11 is 0. The van der Waals surface area contributed by atoms with E-state index in [4.69, 9.17) is 9.84 Å². The molecular formula is C20H29N3O2. The highest BCUT2D eigenvalue weighted by atomic mass is 16.5. The van der Waals surface area contributed by atoms with Gasteiger partial charge >= 0.3 is 0 Å². The summed E-state index contributed by atoms with van der Waals surface area (Å²) in [4.78, 5) is 2.32. The van der Waals surface area contributed by atoms with Gasteiger partial charge in [-0.05, 0) is 43.0 Å². The third-order valence-electron chi connectivity index (χ3n) is 5.21. The van der Waals surface area contributed by atoms with Crippen LogP contribution in [0.4, 0.5) is 0 Å². The Hall–Kier alpha value is -1.85. The lowest BCUT2D eigenvalue weighted by atomic mass is 10.0. The van der Waals surface area contributed by atoms with Gasteiger partial charge in [-0.25, -0.2) is 0 Å². The first-order valence-electron chi connectivity index (χ1n) is 9.24. The molecule has 0 spiro atoms. The zero-order valence-corrected chi connectivity index (χ0v) is 15.4. The van der Waals surface area contributed by atoms with E-state index in [-0.39, 0.29) is 12.1 Å². The molecule has 1 aromatic carbocycles. The van der Waals surface area contributed by atoms with Gasteiger partial charge in [0, 0.05) is 25.3 Å². The summed E-state index contributed by atoms with van der Waals surface area (Å²) in [7, 11) is 1.69. The molecule has 1 saturated heterocycles. The topological polar surface area (TPSA) is 50.5 Å². The zero-order chi connectivity index (χ0) is 17.8. The van der Waals surface area contributed by atoms with Crippen molar-refractivity contribution in [3.63, 3.8) is 0 Å². The van der Waals surface area contributed by atoms with E-state index in [9.17, 15) is 5.11 Å². The molecule has 0 unspecified atom stereocenters. The van der Waals surface area contributed by atoms with Crippen molar-refractivity contribution < 1.29 is 9.84 Å². The molecule has 136 valence electrons. The molecule has 0 saturated carbocycles. The standard InChI is InChI=1S/C20H29N3O2/c1-4-17(5-2)23-10-9-16(21-23)13-22-14-18(24)12-20(22)15-7-6-8-19(11-15)25-3/h6-11,17-18,20,24H,4-5,12-14H2,1-3H3/t18-,20-/m0/s1. The van der Waals surface area contributed by atoms with Crippen LogP contribution < -0.4 is 4.74 Å². The zero-order valence-electron chi connectivity index (χ0n) is 15.4. The maximum Gasteiger partial charge on any atom is 0.119 e. The normalized spacial score (nSPS) is 21.2. The third-order valence-corrected chi connectivity index (χ3v) is 5.21. The molecule has 1 N–H and O–H groups in total. The van der Waals surface area contributed by atoms with E-state index in [1.807, 2.05) is 12.1 Å². The van der Waals surface area contributed by atoms with Crippen LogP contribution in [-0.4, -0.2) is 39.5 Å². The number of likely N-dealkylation sites (tertiary alicyclic amines) is 1. The Morgan fingerprint density at radius 3 is 2.80 bits per heavy atom. The summed E-state index contributed by atoms with van der Waals surface area (Å²) in [6.07, 6.45) is 4.72. The van der Waals surface area contributed by atoms with Gasteiger partial charge in [-0.1, -0.05) is 26.0 Å². The van der Waals surface area contributed by atoms with E-state index >= 15 is 0 Å². The Morgan fingerprint density at radius 2 is 2.08 bits per heavy atom. The largest absolute Gasteiger partial charge is 0.497 e. The molecular weight excluding hydrogens is 314 g/mol. The Balaban J connectivity index is 1.76. The quantitative estimate of drug-likeness (QED) is 0.835. The number of aliphatic hydroxyl groups excluding tert-OH is 1. The average molecular weight is 343 g/mol. The Labute approximate surface area is 150 Å². The average Bonchev–Trinajstić information content (AvgIpc) is 3.23.